The fourth-order valence-corrected chi connectivity index (χ4v) is 2.71. The van der Waals surface area contributed by atoms with Gasteiger partial charge in [0.2, 0.25) is 0 Å². The first kappa shape index (κ1) is 15.4. The largest absolute Gasteiger partial charge is 0.478 e. The van der Waals surface area contributed by atoms with Crippen LogP contribution in [-0.4, -0.2) is 42.5 Å². The zero-order valence-corrected chi connectivity index (χ0v) is 12.0. The molecule has 0 spiro atoms. The number of aromatic nitrogens is 1. The number of carboxylic acid groups (broad SMARTS) is 1. The Morgan fingerprint density at radius 1 is 1.47 bits per heavy atom. The van der Waals surface area contributed by atoms with Crippen LogP contribution in [0.15, 0.2) is 12.1 Å². The van der Waals surface area contributed by atoms with Crippen molar-refractivity contribution < 1.29 is 18.3 Å². The van der Waals surface area contributed by atoms with Gasteiger partial charge in [0, 0.05) is 18.0 Å². The molecule has 0 fully saturated rings. The van der Waals surface area contributed by atoms with Crippen molar-refractivity contribution in [3.05, 3.63) is 23.4 Å². The molecule has 1 unspecified atom stereocenters. The summed E-state index contributed by atoms with van der Waals surface area (Å²) in [6.07, 6.45) is 1.76. The molecule has 19 heavy (non-hydrogen) atoms. The third kappa shape index (κ3) is 5.25. The lowest BCUT2D eigenvalue weighted by Crippen LogP contribution is -2.25. The van der Waals surface area contributed by atoms with E-state index in [4.69, 9.17) is 5.11 Å². The van der Waals surface area contributed by atoms with Crippen LogP contribution in [0, 0.1) is 0 Å². The Bertz CT molecular complexity index is 569. The number of anilines is 1. The predicted octanol–water partition coefficient (Wildman–Crippen LogP) is 1.19. The van der Waals surface area contributed by atoms with Crippen LogP contribution >= 0.6 is 0 Å². The minimum absolute atomic E-state index is 0.0343. The molecule has 1 rings (SSSR count). The molecule has 1 heterocycles. The average molecular weight is 286 g/mol. The van der Waals surface area contributed by atoms with Gasteiger partial charge in [-0.1, -0.05) is 6.92 Å². The molecule has 0 radical (unpaired) electrons. The van der Waals surface area contributed by atoms with Crippen LogP contribution in [0.1, 0.15) is 29.9 Å². The minimum atomic E-state index is -3.09. The van der Waals surface area contributed by atoms with E-state index in [1.54, 1.807) is 6.92 Å². The Morgan fingerprint density at radius 3 is 2.58 bits per heavy atom. The maximum absolute atomic E-state index is 11.2. The van der Waals surface area contributed by atoms with Gasteiger partial charge in [-0.3, -0.25) is 0 Å². The second-order valence-corrected chi connectivity index (χ2v) is 6.71. The van der Waals surface area contributed by atoms with Crippen molar-refractivity contribution in [3.8, 4) is 0 Å². The zero-order valence-electron chi connectivity index (χ0n) is 11.2. The Labute approximate surface area is 112 Å². The fraction of sp³-hybridized carbons (Fsp3) is 0.500. The van der Waals surface area contributed by atoms with Gasteiger partial charge in [0.1, 0.15) is 15.7 Å². The molecule has 0 aliphatic heterocycles. The summed E-state index contributed by atoms with van der Waals surface area (Å²) in [6, 6.07) is 2.57. The lowest BCUT2D eigenvalue weighted by molar-refractivity contribution is 0.0696. The normalized spacial score (nSPS) is 13.0. The van der Waals surface area contributed by atoms with Crippen LogP contribution in [0.4, 0.5) is 5.82 Å². The number of aromatic carboxylic acids is 1. The summed E-state index contributed by atoms with van der Waals surface area (Å²) < 4.78 is 22.4. The lowest BCUT2D eigenvalue weighted by Gasteiger charge is -2.14. The molecule has 0 aliphatic carbocycles. The van der Waals surface area contributed by atoms with E-state index in [1.165, 1.54) is 12.1 Å². The third-order valence-electron chi connectivity index (χ3n) is 2.43. The van der Waals surface area contributed by atoms with Crippen molar-refractivity contribution in [2.45, 2.75) is 26.3 Å². The molecule has 1 atom stereocenters. The highest BCUT2D eigenvalue weighted by Gasteiger charge is 2.13. The lowest BCUT2D eigenvalue weighted by atomic mass is 10.2. The van der Waals surface area contributed by atoms with Crippen molar-refractivity contribution in [2.75, 3.05) is 17.3 Å². The number of hydrogen-bond acceptors (Lipinski definition) is 5. The number of carbonyl (C=O) groups is 1. The number of carboxylic acids is 1. The van der Waals surface area contributed by atoms with E-state index in [9.17, 15) is 13.2 Å². The fourth-order valence-electron chi connectivity index (χ4n) is 1.71. The van der Waals surface area contributed by atoms with E-state index in [0.717, 1.165) is 6.26 Å². The first-order valence-electron chi connectivity index (χ1n) is 5.89. The van der Waals surface area contributed by atoms with Gasteiger partial charge in [-0.25, -0.2) is 18.2 Å². The van der Waals surface area contributed by atoms with Crippen LogP contribution in [0.2, 0.25) is 0 Å². The number of hydrogen-bond donors (Lipinski definition) is 2. The first-order valence-corrected chi connectivity index (χ1v) is 7.96. The summed E-state index contributed by atoms with van der Waals surface area (Å²) in [7, 11) is -3.09. The minimum Gasteiger partial charge on any atom is -0.478 e. The van der Waals surface area contributed by atoms with Gasteiger partial charge in [-0.15, -0.1) is 0 Å². The Kier molecular flexibility index (Phi) is 4.88. The van der Waals surface area contributed by atoms with Crippen LogP contribution < -0.4 is 5.32 Å². The molecule has 1 aromatic rings. The summed E-state index contributed by atoms with van der Waals surface area (Å²) in [5.41, 5.74) is 0.787. The van der Waals surface area contributed by atoms with Gasteiger partial charge in [0.05, 0.1) is 11.3 Å². The van der Waals surface area contributed by atoms with Crippen LogP contribution in [0.3, 0.4) is 0 Å². The Morgan fingerprint density at radius 2 is 2.11 bits per heavy atom. The number of rotatable bonds is 6. The van der Waals surface area contributed by atoms with Crippen LogP contribution in [0.25, 0.3) is 0 Å². The molecule has 1 aromatic heterocycles. The van der Waals surface area contributed by atoms with E-state index < -0.39 is 15.8 Å². The molecule has 0 aromatic carbocycles. The molecule has 2 N–H and O–H groups in total. The second-order valence-electron chi connectivity index (χ2n) is 4.53. The number of nitrogens with zero attached hydrogens (tertiary/aromatic N) is 1. The summed E-state index contributed by atoms with van der Waals surface area (Å²) >= 11 is 0. The highest BCUT2D eigenvalue weighted by atomic mass is 32.2. The quantitative estimate of drug-likeness (QED) is 0.815. The molecule has 6 nitrogen and oxygen atoms in total. The Balaban J connectivity index is 2.94. The molecule has 0 amide bonds. The smallest absolute Gasteiger partial charge is 0.335 e. The van der Waals surface area contributed by atoms with Crippen molar-refractivity contribution >= 4 is 21.6 Å². The Hall–Kier alpha value is -1.63. The van der Waals surface area contributed by atoms with E-state index in [-0.39, 0.29) is 17.4 Å². The van der Waals surface area contributed by atoms with E-state index in [2.05, 4.69) is 10.3 Å². The molecule has 0 aliphatic rings. The maximum Gasteiger partial charge on any atom is 0.335 e. The molecular weight excluding hydrogens is 268 g/mol. The second kappa shape index (κ2) is 6.01. The molecule has 0 bridgehead atoms. The summed E-state index contributed by atoms with van der Waals surface area (Å²) in [6.45, 7) is 3.58. The third-order valence-corrected chi connectivity index (χ3v) is 3.54. The van der Waals surface area contributed by atoms with Crippen LogP contribution in [0.5, 0.6) is 0 Å². The maximum atomic E-state index is 11.2. The number of nitrogens with one attached hydrogen (secondary N) is 1. The van der Waals surface area contributed by atoms with E-state index >= 15 is 0 Å². The SMILES string of the molecule is CCc1cc(C(=O)O)cc(NC(C)CS(C)(=O)=O)n1. The first-order chi connectivity index (χ1) is 8.71. The van der Waals surface area contributed by atoms with Gasteiger partial charge in [0.15, 0.2) is 0 Å². The van der Waals surface area contributed by atoms with Crippen molar-refractivity contribution in [2.24, 2.45) is 0 Å². The standard InChI is InChI=1S/C12H18N2O4S/c1-4-10-5-9(12(15)16)6-11(14-10)13-8(2)7-19(3,17)18/h5-6,8H,4,7H2,1-3H3,(H,13,14)(H,15,16). The average Bonchev–Trinajstić information content (AvgIpc) is 2.25. The topological polar surface area (TPSA) is 96.4 Å². The summed E-state index contributed by atoms with van der Waals surface area (Å²) in [5.74, 6) is -0.684. The van der Waals surface area contributed by atoms with E-state index in [0.29, 0.717) is 17.9 Å². The van der Waals surface area contributed by atoms with Gasteiger partial charge >= 0.3 is 5.97 Å². The van der Waals surface area contributed by atoms with Gasteiger partial charge < -0.3 is 10.4 Å². The molecule has 0 saturated heterocycles. The molecular formula is C12H18N2O4S. The van der Waals surface area contributed by atoms with Crippen molar-refractivity contribution in [3.63, 3.8) is 0 Å². The number of pyridine rings is 1. The summed E-state index contributed by atoms with van der Waals surface area (Å²) in [4.78, 5) is 15.2. The van der Waals surface area contributed by atoms with Crippen molar-refractivity contribution in [1.29, 1.82) is 0 Å². The van der Waals surface area contributed by atoms with E-state index in [1.807, 2.05) is 6.92 Å². The molecule has 106 valence electrons. The molecule has 0 saturated carbocycles. The summed E-state index contributed by atoms with van der Waals surface area (Å²) in [5, 5.41) is 11.9. The van der Waals surface area contributed by atoms with Crippen LogP contribution in [-0.2, 0) is 16.3 Å². The van der Waals surface area contributed by atoms with Gasteiger partial charge in [-0.05, 0) is 25.5 Å². The number of sulfone groups is 1. The zero-order chi connectivity index (χ0) is 14.6. The predicted molar refractivity (Wildman–Crippen MR) is 73.4 cm³/mol. The van der Waals surface area contributed by atoms with Gasteiger partial charge in [-0.2, -0.15) is 0 Å². The number of aryl methyl sites for hydroxylation is 1. The molecule has 7 heteroatoms. The van der Waals surface area contributed by atoms with Crippen molar-refractivity contribution in [1.82, 2.24) is 4.98 Å². The monoisotopic (exact) mass is 286 g/mol. The highest BCUT2D eigenvalue weighted by molar-refractivity contribution is 7.90. The highest BCUT2D eigenvalue weighted by Crippen LogP contribution is 2.13. The van der Waals surface area contributed by atoms with Gasteiger partial charge in [0.25, 0.3) is 0 Å².